The topological polar surface area (TPSA) is 77.3 Å². The zero-order valence-electron chi connectivity index (χ0n) is 11.8. The fraction of sp³-hybridized carbons (Fsp3) is 0.500. The molecule has 1 aliphatic rings. The zero-order valence-corrected chi connectivity index (χ0v) is 12.6. The second-order valence-corrected chi connectivity index (χ2v) is 6.58. The Bertz CT molecular complexity index is 665. The van der Waals surface area contributed by atoms with Crippen LogP contribution in [0.1, 0.15) is 19.8 Å². The first-order valence-electron chi connectivity index (χ1n) is 6.91. The van der Waals surface area contributed by atoms with Crippen molar-refractivity contribution < 1.29 is 9.66 Å². The minimum Gasteiger partial charge on any atom is -0.381 e. The van der Waals surface area contributed by atoms with Gasteiger partial charge in [-0.15, -0.1) is 11.3 Å². The highest BCUT2D eigenvalue weighted by Gasteiger charge is 2.28. The van der Waals surface area contributed by atoms with Crippen molar-refractivity contribution in [2.75, 3.05) is 25.1 Å². The van der Waals surface area contributed by atoms with Gasteiger partial charge in [0.1, 0.15) is 5.69 Å². The van der Waals surface area contributed by atoms with E-state index in [0.717, 1.165) is 30.8 Å². The van der Waals surface area contributed by atoms with Crippen LogP contribution in [0.25, 0.3) is 10.2 Å². The molecule has 2 aromatic rings. The van der Waals surface area contributed by atoms with Crippen LogP contribution in [-0.4, -0.2) is 29.7 Å². The summed E-state index contributed by atoms with van der Waals surface area (Å²) in [6.45, 7) is 4.40. The van der Waals surface area contributed by atoms with Crippen molar-refractivity contribution >= 4 is 32.9 Å². The molecule has 6 nitrogen and oxygen atoms in total. The Balaban J connectivity index is 1.86. The van der Waals surface area contributed by atoms with Crippen LogP contribution >= 0.6 is 11.3 Å². The van der Waals surface area contributed by atoms with Crippen molar-refractivity contribution in [2.24, 2.45) is 5.41 Å². The normalized spacial score (nSPS) is 17.8. The van der Waals surface area contributed by atoms with Gasteiger partial charge >= 0.3 is 5.69 Å². The lowest BCUT2D eigenvalue weighted by atomic mass is 9.82. The van der Waals surface area contributed by atoms with Crippen molar-refractivity contribution in [3.63, 3.8) is 0 Å². The molecular weight excluding hydrogens is 290 g/mol. The SMILES string of the molecule is CC1(CNc2ccc3scnc3c2[N+](=O)[O-])CCOCC1. The lowest BCUT2D eigenvalue weighted by Gasteiger charge is -2.33. The van der Waals surface area contributed by atoms with Gasteiger partial charge in [0.05, 0.1) is 15.1 Å². The number of anilines is 1. The van der Waals surface area contributed by atoms with E-state index in [4.69, 9.17) is 4.74 Å². The molecule has 2 heterocycles. The van der Waals surface area contributed by atoms with Crippen LogP contribution in [0.2, 0.25) is 0 Å². The van der Waals surface area contributed by atoms with E-state index >= 15 is 0 Å². The van der Waals surface area contributed by atoms with E-state index in [0.29, 0.717) is 17.7 Å². The molecule has 1 fully saturated rings. The number of nitrogens with zero attached hydrogens (tertiary/aromatic N) is 2. The number of aromatic nitrogens is 1. The number of rotatable bonds is 4. The molecule has 0 unspecified atom stereocenters. The summed E-state index contributed by atoms with van der Waals surface area (Å²) in [7, 11) is 0. The third-order valence-corrected chi connectivity index (χ3v) is 4.86. The highest BCUT2D eigenvalue weighted by molar-refractivity contribution is 7.16. The number of fused-ring (bicyclic) bond motifs is 1. The first kappa shape index (κ1) is 14.2. The van der Waals surface area contributed by atoms with Gasteiger partial charge in [0.15, 0.2) is 5.52 Å². The molecule has 1 N–H and O–H groups in total. The quantitative estimate of drug-likeness (QED) is 0.691. The van der Waals surface area contributed by atoms with Crippen LogP contribution in [0.5, 0.6) is 0 Å². The summed E-state index contributed by atoms with van der Waals surface area (Å²) in [5.74, 6) is 0. The van der Waals surface area contributed by atoms with Gasteiger partial charge in [-0.3, -0.25) is 10.1 Å². The van der Waals surface area contributed by atoms with Crippen LogP contribution < -0.4 is 5.32 Å². The highest BCUT2D eigenvalue weighted by Crippen LogP contribution is 2.36. The number of hydrogen-bond acceptors (Lipinski definition) is 6. The predicted molar refractivity (Wildman–Crippen MR) is 82.9 cm³/mol. The predicted octanol–water partition coefficient (Wildman–Crippen LogP) is 3.43. The molecule has 1 aromatic carbocycles. The van der Waals surface area contributed by atoms with Gasteiger partial charge in [-0.25, -0.2) is 4.98 Å². The van der Waals surface area contributed by atoms with E-state index in [1.807, 2.05) is 6.07 Å². The molecule has 3 rings (SSSR count). The maximum Gasteiger partial charge on any atom is 0.319 e. The van der Waals surface area contributed by atoms with Crippen LogP contribution in [0.15, 0.2) is 17.6 Å². The average molecular weight is 307 g/mol. The largest absolute Gasteiger partial charge is 0.381 e. The fourth-order valence-electron chi connectivity index (χ4n) is 2.59. The van der Waals surface area contributed by atoms with E-state index < -0.39 is 0 Å². The Kier molecular flexibility index (Phi) is 3.77. The van der Waals surface area contributed by atoms with Crippen molar-refractivity contribution in [2.45, 2.75) is 19.8 Å². The van der Waals surface area contributed by atoms with E-state index in [-0.39, 0.29) is 16.0 Å². The smallest absolute Gasteiger partial charge is 0.319 e. The second kappa shape index (κ2) is 5.57. The van der Waals surface area contributed by atoms with E-state index in [1.54, 1.807) is 11.6 Å². The number of hydrogen-bond donors (Lipinski definition) is 1. The Hall–Kier alpha value is -1.73. The molecule has 0 radical (unpaired) electrons. The van der Waals surface area contributed by atoms with Crippen molar-refractivity contribution in [1.82, 2.24) is 4.98 Å². The summed E-state index contributed by atoms with van der Waals surface area (Å²) >= 11 is 1.41. The van der Waals surface area contributed by atoms with Crippen LogP contribution in [-0.2, 0) is 4.74 Å². The Morgan fingerprint density at radius 2 is 2.24 bits per heavy atom. The third kappa shape index (κ3) is 2.84. The number of ether oxygens (including phenoxy) is 1. The molecule has 1 aromatic heterocycles. The summed E-state index contributed by atoms with van der Waals surface area (Å²) in [5.41, 5.74) is 2.84. The van der Waals surface area contributed by atoms with E-state index in [2.05, 4.69) is 17.2 Å². The fourth-order valence-corrected chi connectivity index (χ4v) is 3.27. The first-order chi connectivity index (χ1) is 10.1. The minimum atomic E-state index is -0.350. The van der Waals surface area contributed by atoms with Crippen LogP contribution in [0, 0.1) is 15.5 Å². The molecule has 7 heteroatoms. The Morgan fingerprint density at radius 3 is 2.95 bits per heavy atom. The molecule has 0 spiro atoms. The lowest BCUT2D eigenvalue weighted by molar-refractivity contribution is -0.382. The zero-order chi connectivity index (χ0) is 14.9. The first-order valence-corrected chi connectivity index (χ1v) is 7.79. The van der Waals surface area contributed by atoms with Crippen molar-refractivity contribution in [3.8, 4) is 0 Å². The summed E-state index contributed by atoms with van der Waals surface area (Å²) in [6.07, 6.45) is 1.93. The van der Waals surface area contributed by atoms with E-state index in [9.17, 15) is 10.1 Å². The molecule has 1 saturated heterocycles. The molecule has 0 atom stereocenters. The van der Waals surface area contributed by atoms with Gasteiger partial charge in [-0.05, 0) is 30.4 Å². The van der Waals surface area contributed by atoms with Crippen LogP contribution in [0.3, 0.4) is 0 Å². The summed E-state index contributed by atoms with van der Waals surface area (Å²) in [4.78, 5) is 15.2. The van der Waals surface area contributed by atoms with Gasteiger partial charge in [0.25, 0.3) is 0 Å². The van der Waals surface area contributed by atoms with Gasteiger partial charge < -0.3 is 10.1 Å². The maximum absolute atomic E-state index is 11.4. The number of thiazole rings is 1. The Labute approximate surface area is 126 Å². The molecule has 21 heavy (non-hydrogen) atoms. The molecule has 1 aliphatic heterocycles. The number of nitro groups is 1. The average Bonchev–Trinajstić information content (AvgIpc) is 2.93. The molecule has 0 saturated carbocycles. The number of nitro benzene ring substituents is 1. The Morgan fingerprint density at radius 1 is 1.48 bits per heavy atom. The van der Waals surface area contributed by atoms with Gasteiger partial charge in [-0.1, -0.05) is 6.92 Å². The van der Waals surface area contributed by atoms with E-state index in [1.165, 1.54) is 11.3 Å². The summed E-state index contributed by atoms with van der Waals surface area (Å²) in [6, 6.07) is 3.66. The molecule has 112 valence electrons. The number of benzene rings is 1. The highest BCUT2D eigenvalue weighted by atomic mass is 32.1. The van der Waals surface area contributed by atoms with Gasteiger partial charge in [0, 0.05) is 19.8 Å². The standard InChI is InChI=1S/C14H17N3O3S/c1-14(4-6-20-7-5-14)8-15-10-2-3-11-12(16-9-21-11)13(10)17(18)19/h2-3,9,15H,4-8H2,1H3. The third-order valence-electron chi connectivity index (χ3n) is 4.06. The molecular formula is C14H17N3O3S. The van der Waals surface area contributed by atoms with Crippen molar-refractivity contribution in [1.29, 1.82) is 0 Å². The molecule has 0 bridgehead atoms. The minimum absolute atomic E-state index is 0.0735. The maximum atomic E-state index is 11.4. The van der Waals surface area contributed by atoms with Gasteiger partial charge in [0.2, 0.25) is 0 Å². The molecule has 0 aliphatic carbocycles. The van der Waals surface area contributed by atoms with Gasteiger partial charge in [-0.2, -0.15) is 0 Å². The summed E-state index contributed by atoms with van der Waals surface area (Å²) in [5, 5.41) is 14.6. The monoisotopic (exact) mass is 307 g/mol. The van der Waals surface area contributed by atoms with Crippen LogP contribution in [0.4, 0.5) is 11.4 Å². The summed E-state index contributed by atoms with van der Waals surface area (Å²) < 4.78 is 6.22. The second-order valence-electron chi connectivity index (χ2n) is 5.69. The van der Waals surface area contributed by atoms with Crippen molar-refractivity contribution in [3.05, 3.63) is 27.8 Å². The number of nitrogens with one attached hydrogen (secondary N) is 1. The molecule has 0 amide bonds. The lowest BCUT2D eigenvalue weighted by Crippen LogP contribution is -2.33.